The molecular formula is C13H15N3O3. The third kappa shape index (κ3) is 4.07. The lowest BCUT2D eigenvalue weighted by atomic mass is 9.98. The molecule has 6 heteroatoms. The van der Waals surface area contributed by atoms with Crippen molar-refractivity contribution in [3.63, 3.8) is 0 Å². The van der Waals surface area contributed by atoms with E-state index in [2.05, 4.69) is 15.0 Å². The Morgan fingerprint density at radius 3 is 2.84 bits per heavy atom. The van der Waals surface area contributed by atoms with Crippen LogP contribution in [0.2, 0.25) is 0 Å². The molecule has 1 aromatic rings. The number of hydrogen-bond donors (Lipinski definition) is 1. The number of rotatable bonds is 5. The van der Waals surface area contributed by atoms with E-state index in [1.54, 1.807) is 25.3 Å². The monoisotopic (exact) mass is 261 g/mol. The summed E-state index contributed by atoms with van der Waals surface area (Å²) in [4.78, 5) is 27.4. The smallest absolute Gasteiger partial charge is 0.328 e. The van der Waals surface area contributed by atoms with Gasteiger partial charge in [-0.25, -0.2) is 4.79 Å². The van der Waals surface area contributed by atoms with Crippen molar-refractivity contribution >= 4 is 11.9 Å². The van der Waals surface area contributed by atoms with Gasteiger partial charge in [0.1, 0.15) is 6.04 Å². The van der Waals surface area contributed by atoms with Gasteiger partial charge in [-0.15, -0.1) is 0 Å². The fourth-order valence-corrected chi connectivity index (χ4v) is 1.54. The molecule has 2 atom stereocenters. The maximum atomic E-state index is 11.9. The summed E-state index contributed by atoms with van der Waals surface area (Å²) < 4.78 is 4.64. The molecule has 0 aliphatic rings. The highest BCUT2D eigenvalue weighted by Gasteiger charge is 2.27. The highest BCUT2D eigenvalue weighted by atomic mass is 16.5. The van der Waals surface area contributed by atoms with Crippen LogP contribution in [0.4, 0.5) is 0 Å². The average Bonchev–Trinajstić information content (AvgIpc) is 2.44. The van der Waals surface area contributed by atoms with Crippen LogP contribution in [0.25, 0.3) is 0 Å². The van der Waals surface area contributed by atoms with E-state index in [0.29, 0.717) is 5.56 Å². The van der Waals surface area contributed by atoms with Gasteiger partial charge in [0, 0.05) is 24.7 Å². The molecule has 19 heavy (non-hydrogen) atoms. The van der Waals surface area contributed by atoms with Gasteiger partial charge >= 0.3 is 5.97 Å². The van der Waals surface area contributed by atoms with Gasteiger partial charge in [-0.1, -0.05) is 6.92 Å². The number of nitrogens with one attached hydrogen (secondary N) is 1. The van der Waals surface area contributed by atoms with Crippen molar-refractivity contribution in [1.82, 2.24) is 10.3 Å². The normalized spacial score (nSPS) is 12.9. The highest BCUT2D eigenvalue weighted by Crippen LogP contribution is 2.10. The van der Waals surface area contributed by atoms with Gasteiger partial charge in [0.15, 0.2) is 0 Å². The fraction of sp³-hybridized carbons (Fsp3) is 0.385. The molecule has 0 aromatic carbocycles. The van der Waals surface area contributed by atoms with Crippen LogP contribution in [0, 0.1) is 17.2 Å². The van der Waals surface area contributed by atoms with Crippen molar-refractivity contribution in [2.75, 3.05) is 7.11 Å². The molecule has 1 heterocycles. The molecule has 0 aliphatic carbocycles. The molecule has 1 aromatic heterocycles. The third-order valence-corrected chi connectivity index (χ3v) is 2.65. The second-order valence-corrected chi connectivity index (χ2v) is 4.06. The summed E-state index contributed by atoms with van der Waals surface area (Å²) in [5.41, 5.74) is 0.348. The molecule has 0 aliphatic heterocycles. The van der Waals surface area contributed by atoms with Crippen LogP contribution in [0.3, 0.4) is 0 Å². The van der Waals surface area contributed by atoms with Gasteiger partial charge in [-0.05, 0) is 12.1 Å². The Hall–Kier alpha value is -2.42. The largest absolute Gasteiger partial charge is 0.467 e. The molecule has 0 unspecified atom stereocenters. The van der Waals surface area contributed by atoms with E-state index in [0.717, 1.165) is 0 Å². The maximum Gasteiger partial charge on any atom is 0.328 e. The SMILES string of the molecule is COC(=O)[C@H](NC(=O)c1cccnc1)[C@H](C)CC#N. The number of amides is 1. The van der Waals surface area contributed by atoms with Gasteiger partial charge in [0.2, 0.25) is 0 Å². The molecule has 0 saturated carbocycles. The van der Waals surface area contributed by atoms with Crippen LogP contribution in [-0.4, -0.2) is 30.0 Å². The summed E-state index contributed by atoms with van der Waals surface area (Å²) in [6, 6.07) is 4.33. The van der Waals surface area contributed by atoms with Crippen LogP contribution in [-0.2, 0) is 9.53 Å². The number of ether oxygens (including phenoxy) is 1. The second-order valence-electron chi connectivity index (χ2n) is 4.06. The number of carbonyl (C=O) groups excluding carboxylic acids is 2. The molecule has 0 spiro atoms. The van der Waals surface area contributed by atoms with E-state index < -0.39 is 17.9 Å². The Labute approximate surface area is 111 Å². The molecule has 0 radical (unpaired) electrons. The highest BCUT2D eigenvalue weighted by molar-refractivity contribution is 5.96. The molecule has 0 bridgehead atoms. The van der Waals surface area contributed by atoms with E-state index in [1.807, 2.05) is 6.07 Å². The van der Waals surface area contributed by atoms with Crippen molar-refractivity contribution < 1.29 is 14.3 Å². The van der Waals surface area contributed by atoms with E-state index in [4.69, 9.17) is 5.26 Å². The van der Waals surface area contributed by atoms with Crippen LogP contribution in [0.15, 0.2) is 24.5 Å². The summed E-state index contributed by atoms with van der Waals surface area (Å²) in [5, 5.41) is 11.2. The standard InChI is InChI=1S/C13H15N3O3/c1-9(5-6-14)11(13(18)19-2)16-12(17)10-4-3-7-15-8-10/h3-4,7-9,11H,5H2,1-2H3,(H,16,17)/t9-,11-/m1/s1. The van der Waals surface area contributed by atoms with E-state index in [9.17, 15) is 9.59 Å². The summed E-state index contributed by atoms with van der Waals surface area (Å²) in [5.74, 6) is -1.33. The second kappa shape index (κ2) is 7.11. The van der Waals surface area contributed by atoms with Crippen LogP contribution in [0.1, 0.15) is 23.7 Å². The fourth-order valence-electron chi connectivity index (χ4n) is 1.54. The first-order valence-electron chi connectivity index (χ1n) is 5.75. The number of esters is 1. The lowest BCUT2D eigenvalue weighted by Gasteiger charge is -2.20. The number of carbonyl (C=O) groups is 2. The zero-order valence-corrected chi connectivity index (χ0v) is 10.8. The minimum atomic E-state index is -0.850. The predicted molar refractivity (Wildman–Crippen MR) is 66.9 cm³/mol. The summed E-state index contributed by atoms with van der Waals surface area (Å²) in [6.45, 7) is 1.70. The van der Waals surface area contributed by atoms with Gasteiger partial charge in [-0.3, -0.25) is 9.78 Å². The van der Waals surface area contributed by atoms with E-state index in [-0.39, 0.29) is 12.3 Å². The van der Waals surface area contributed by atoms with E-state index >= 15 is 0 Å². The Morgan fingerprint density at radius 2 is 2.32 bits per heavy atom. The number of methoxy groups -OCH3 is 1. The van der Waals surface area contributed by atoms with Gasteiger partial charge in [-0.2, -0.15) is 5.26 Å². The van der Waals surface area contributed by atoms with Gasteiger partial charge < -0.3 is 10.1 Å². The average molecular weight is 261 g/mol. The molecule has 100 valence electrons. The first-order chi connectivity index (χ1) is 9.10. The van der Waals surface area contributed by atoms with Crippen molar-refractivity contribution in [1.29, 1.82) is 5.26 Å². The lowest BCUT2D eigenvalue weighted by Crippen LogP contribution is -2.45. The minimum Gasteiger partial charge on any atom is -0.467 e. The number of nitrogens with zero attached hydrogens (tertiary/aromatic N) is 2. The quantitative estimate of drug-likeness (QED) is 0.795. The zero-order chi connectivity index (χ0) is 14.3. The zero-order valence-electron chi connectivity index (χ0n) is 10.8. The number of nitriles is 1. The third-order valence-electron chi connectivity index (χ3n) is 2.65. The molecular weight excluding hydrogens is 246 g/mol. The first kappa shape index (κ1) is 14.6. The van der Waals surface area contributed by atoms with Crippen LogP contribution < -0.4 is 5.32 Å². The number of aromatic nitrogens is 1. The van der Waals surface area contributed by atoms with Crippen molar-refractivity contribution in [2.45, 2.75) is 19.4 Å². The Morgan fingerprint density at radius 1 is 1.58 bits per heavy atom. The predicted octanol–water partition coefficient (Wildman–Crippen LogP) is 0.903. The first-order valence-corrected chi connectivity index (χ1v) is 5.75. The lowest BCUT2D eigenvalue weighted by molar-refractivity contribution is -0.144. The Bertz CT molecular complexity index is 482. The molecule has 0 saturated heterocycles. The summed E-state index contributed by atoms with van der Waals surface area (Å²) in [7, 11) is 1.24. The summed E-state index contributed by atoms with van der Waals surface area (Å²) in [6.07, 6.45) is 3.10. The summed E-state index contributed by atoms with van der Waals surface area (Å²) >= 11 is 0. The number of hydrogen-bond acceptors (Lipinski definition) is 5. The van der Waals surface area contributed by atoms with Crippen molar-refractivity contribution in [3.8, 4) is 6.07 Å². The van der Waals surface area contributed by atoms with Crippen molar-refractivity contribution in [3.05, 3.63) is 30.1 Å². The van der Waals surface area contributed by atoms with Crippen molar-refractivity contribution in [2.24, 2.45) is 5.92 Å². The topological polar surface area (TPSA) is 92.1 Å². The minimum absolute atomic E-state index is 0.146. The molecule has 1 N–H and O–H groups in total. The Balaban J connectivity index is 2.81. The molecule has 1 rings (SSSR count). The maximum absolute atomic E-state index is 11.9. The van der Waals surface area contributed by atoms with Gasteiger partial charge in [0.05, 0.1) is 18.7 Å². The Kier molecular flexibility index (Phi) is 5.48. The number of pyridine rings is 1. The van der Waals surface area contributed by atoms with E-state index in [1.165, 1.54) is 13.3 Å². The molecule has 0 fully saturated rings. The van der Waals surface area contributed by atoms with Crippen LogP contribution in [0.5, 0.6) is 0 Å². The molecule has 1 amide bonds. The molecule has 6 nitrogen and oxygen atoms in total. The van der Waals surface area contributed by atoms with Crippen LogP contribution >= 0.6 is 0 Å². The van der Waals surface area contributed by atoms with Gasteiger partial charge in [0.25, 0.3) is 5.91 Å².